The van der Waals surface area contributed by atoms with Gasteiger partial charge in [-0.15, -0.1) is 0 Å². The molecule has 2 fully saturated rings. The predicted molar refractivity (Wildman–Crippen MR) is 122 cm³/mol. The number of hydrogen-bond donors (Lipinski definition) is 1. The highest BCUT2D eigenvalue weighted by atomic mass is 35.5. The van der Waals surface area contributed by atoms with E-state index in [4.69, 9.17) is 11.6 Å². The summed E-state index contributed by atoms with van der Waals surface area (Å²) >= 11 is 5.89. The zero-order chi connectivity index (χ0) is 21.7. The van der Waals surface area contributed by atoms with E-state index in [2.05, 4.69) is 10.3 Å². The third-order valence-corrected chi connectivity index (χ3v) is 6.81. The molecule has 0 bridgehead atoms. The predicted octanol–water partition coefficient (Wildman–Crippen LogP) is 4.13. The number of nitrogens with one attached hydrogen (secondary N) is 1. The molecule has 31 heavy (non-hydrogen) atoms. The van der Waals surface area contributed by atoms with Gasteiger partial charge < -0.3 is 10.2 Å². The smallest absolute Gasteiger partial charge is 0.246 e. The molecule has 1 N–H and O–H groups in total. The molecule has 1 aliphatic carbocycles. The third-order valence-electron chi connectivity index (χ3n) is 6.56. The van der Waals surface area contributed by atoms with Gasteiger partial charge in [0.05, 0.1) is 0 Å². The highest BCUT2D eigenvalue weighted by molar-refractivity contribution is 6.30. The normalized spacial score (nSPS) is 19.5. The number of piperidine rings is 1. The van der Waals surface area contributed by atoms with Crippen molar-refractivity contribution in [2.24, 2.45) is 11.3 Å². The number of pyridine rings is 1. The van der Waals surface area contributed by atoms with Gasteiger partial charge in [-0.1, -0.05) is 23.7 Å². The van der Waals surface area contributed by atoms with Gasteiger partial charge in [-0.3, -0.25) is 14.6 Å². The van der Waals surface area contributed by atoms with E-state index in [1.165, 1.54) is 5.56 Å². The summed E-state index contributed by atoms with van der Waals surface area (Å²) < 4.78 is 0. The Labute approximate surface area is 188 Å². The monoisotopic (exact) mass is 437 g/mol. The van der Waals surface area contributed by atoms with Crippen LogP contribution in [0.3, 0.4) is 0 Å². The van der Waals surface area contributed by atoms with E-state index in [9.17, 15) is 9.59 Å². The second kappa shape index (κ2) is 9.65. The first-order valence-electron chi connectivity index (χ1n) is 10.9. The number of rotatable bonds is 7. The number of nitrogens with zero attached hydrogens (tertiary/aromatic N) is 2. The average molecular weight is 438 g/mol. The number of carbonyl (C=O) groups is 2. The van der Waals surface area contributed by atoms with Crippen LogP contribution in [0, 0.1) is 11.3 Å². The fourth-order valence-electron chi connectivity index (χ4n) is 4.47. The van der Waals surface area contributed by atoms with Crippen molar-refractivity contribution in [3.8, 4) is 0 Å². The van der Waals surface area contributed by atoms with Gasteiger partial charge >= 0.3 is 0 Å². The molecule has 2 amide bonds. The number of aromatic nitrogens is 1. The number of aryl methyl sites for hydroxylation is 1. The van der Waals surface area contributed by atoms with Gasteiger partial charge in [0.25, 0.3) is 0 Å². The second-order valence-corrected chi connectivity index (χ2v) is 9.02. The standard InChI is InChI=1S/C25H28ClN3O2/c26-21-6-3-20(4-7-21)5-8-23(30)29-16-11-25(12-17-29)18-22(25)24(31)28-13-1-2-19-9-14-27-15-10-19/h3-10,14-15,22H,1-2,11-13,16-18H2,(H,28,31)/b8-5+/t22-/m1/s1. The number of benzene rings is 1. The lowest BCUT2D eigenvalue weighted by molar-refractivity contribution is -0.127. The van der Waals surface area contributed by atoms with E-state index in [-0.39, 0.29) is 23.1 Å². The first kappa shape index (κ1) is 21.6. The minimum atomic E-state index is 0.0302. The van der Waals surface area contributed by atoms with Crippen LogP contribution >= 0.6 is 11.6 Å². The van der Waals surface area contributed by atoms with Crippen molar-refractivity contribution in [2.75, 3.05) is 19.6 Å². The molecular formula is C25H28ClN3O2. The summed E-state index contributed by atoms with van der Waals surface area (Å²) in [5.74, 6) is 0.315. The lowest BCUT2D eigenvalue weighted by atomic mass is 9.90. The van der Waals surface area contributed by atoms with Crippen LogP contribution in [0.5, 0.6) is 0 Å². The number of amides is 2. The van der Waals surface area contributed by atoms with Gasteiger partial charge in [-0.25, -0.2) is 0 Å². The molecule has 1 aliphatic heterocycles. The highest BCUT2D eigenvalue weighted by Gasteiger charge is 2.58. The van der Waals surface area contributed by atoms with E-state index in [1.807, 2.05) is 47.4 Å². The first-order chi connectivity index (χ1) is 15.1. The Balaban J connectivity index is 1.18. The summed E-state index contributed by atoms with van der Waals surface area (Å²) in [6.45, 7) is 2.14. The van der Waals surface area contributed by atoms with E-state index < -0.39 is 0 Å². The maximum atomic E-state index is 12.6. The van der Waals surface area contributed by atoms with Crippen molar-refractivity contribution >= 4 is 29.5 Å². The zero-order valence-electron chi connectivity index (χ0n) is 17.6. The molecule has 0 unspecified atom stereocenters. The summed E-state index contributed by atoms with van der Waals surface area (Å²) in [5, 5.41) is 3.79. The molecule has 2 aliphatic rings. The molecule has 162 valence electrons. The highest BCUT2D eigenvalue weighted by Crippen LogP contribution is 2.59. The van der Waals surface area contributed by atoms with Crippen LogP contribution in [0.25, 0.3) is 6.08 Å². The van der Waals surface area contributed by atoms with Crippen LogP contribution in [-0.4, -0.2) is 41.3 Å². The molecule has 5 nitrogen and oxygen atoms in total. The lowest BCUT2D eigenvalue weighted by Crippen LogP contribution is -2.40. The van der Waals surface area contributed by atoms with Crippen LogP contribution in [0.4, 0.5) is 0 Å². The maximum absolute atomic E-state index is 12.6. The number of likely N-dealkylation sites (tertiary alicyclic amines) is 1. The number of halogens is 1. The van der Waals surface area contributed by atoms with Crippen LogP contribution in [0.15, 0.2) is 54.9 Å². The Bertz CT molecular complexity index is 935. The Morgan fingerprint density at radius 2 is 1.84 bits per heavy atom. The molecule has 1 saturated heterocycles. The second-order valence-electron chi connectivity index (χ2n) is 8.58. The van der Waals surface area contributed by atoms with Crippen molar-refractivity contribution in [2.45, 2.75) is 32.1 Å². The van der Waals surface area contributed by atoms with Crippen LogP contribution in [-0.2, 0) is 16.0 Å². The van der Waals surface area contributed by atoms with Crippen molar-refractivity contribution in [1.29, 1.82) is 0 Å². The quantitative estimate of drug-likeness (QED) is 0.523. The topological polar surface area (TPSA) is 62.3 Å². The van der Waals surface area contributed by atoms with Gasteiger partial charge in [-0.2, -0.15) is 0 Å². The summed E-state index contributed by atoms with van der Waals surface area (Å²) in [6, 6.07) is 11.4. The molecule has 1 aromatic carbocycles. The SMILES string of the molecule is O=C(NCCCc1ccncc1)[C@H]1CC12CCN(C(=O)/C=C/c1ccc(Cl)cc1)CC2. The van der Waals surface area contributed by atoms with Crippen LogP contribution in [0.2, 0.25) is 5.02 Å². The number of hydrogen-bond acceptors (Lipinski definition) is 3. The van der Waals surface area contributed by atoms with E-state index in [1.54, 1.807) is 18.5 Å². The summed E-state index contributed by atoms with van der Waals surface area (Å²) in [7, 11) is 0. The summed E-state index contributed by atoms with van der Waals surface area (Å²) in [5.41, 5.74) is 2.30. The average Bonchev–Trinajstić information content (AvgIpc) is 3.50. The minimum absolute atomic E-state index is 0.0302. The Kier molecular flexibility index (Phi) is 6.71. The molecule has 6 heteroatoms. The molecule has 1 atom stereocenters. The molecule has 2 aromatic rings. The molecule has 1 spiro atoms. The van der Waals surface area contributed by atoms with Crippen LogP contribution in [0.1, 0.15) is 36.8 Å². The molecular weight excluding hydrogens is 410 g/mol. The summed E-state index contributed by atoms with van der Waals surface area (Å²) in [4.78, 5) is 31.0. The van der Waals surface area contributed by atoms with E-state index in [0.29, 0.717) is 11.6 Å². The van der Waals surface area contributed by atoms with Crippen LogP contribution < -0.4 is 5.32 Å². The lowest BCUT2D eigenvalue weighted by Gasteiger charge is -2.32. The maximum Gasteiger partial charge on any atom is 0.246 e. The van der Waals surface area contributed by atoms with Gasteiger partial charge in [-0.05, 0) is 79.0 Å². The van der Waals surface area contributed by atoms with Gasteiger partial charge in [0.15, 0.2) is 0 Å². The van der Waals surface area contributed by atoms with Gasteiger partial charge in [0, 0.05) is 49.0 Å². The Morgan fingerprint density at radius 3 is 2.55 bits per heavy atom. The van der Waals surface area contributed by atoms with Crippen molar-refractivity contribution in [1.82, 2.24) is 15.2 Å². The first-order valence-corrected chi connectivity index (χ1v) is 11.3. The summed E-state index contributed by atoms with van der Waals surface area (Å²) in [6.07, 6.45) is 11.7. The number of carbonyl (C=O) groups excluding carboxylic acids is 2. The molecule has 1 saturated carbocycles. The Morgan fingerprint density at radius 1 is 1.13 bits per heavy atom. The van der Waals surface area contributed by atoms with Crippen molar-refractivity contribution in [3.63, 3.8) is 0 Å². The van der Waals surface area contributed by atoms with Crippen molar-refractivity contribution < 1.29 is 9.59 Å². The molecule has 2 heterocycles. The largest absolute Gasteiger partial charge is 0.356 e. The molecule has 4 rings (SSSR count). The fourth-order valence-corrected chi connectivity index (χ4v) is 4.59. The van der Waals surface area contributed by atoms with Crippen molar-refractivity contribution in [3.05, 3.63) is 71.0 Å². The van der Waals surface area contributed by atoms with E-state index in [0.717, 1.165) is 50.8 Å². The molecule has 1 aromatic heterocycles. The Hall–Kier alpha value is -2.66. The molecule has 0 radical (unpaired) electrons. The fraction of sp³-hybridized carbons (Fsp3) is 0.400. The van der Waals surface area contributed by atoms with Gasteiger partial charge in [0.1, 0.15) is 0 Å². The third kappa shape index (κ3) is 5.53. The van der Waals surface area contributed by atoms with E-state index >= 15 is 0 Å². The zero-order valence-corrected chi connectivity index (χ0v) is 18.4. The van der Waals surface area contributed by atoms with Gasteiger partial charge in [0.2, 0.25) is 11.8 Å². The minimum Gasteiger partial charge on any atom is -0.356 e.